The van der Waals surface area contributed by atoms with Crippen molar-refractivity contribution in [1.82, 2.24) is 21.3 Å². The molecule has 10 heteroatoms. The van der Waals surface area contributed by atoms with E-state index < -0.39 is 28.7 Å². The van der Waals surface area contributed by atoms with Crippen LogP contribution in [0.2, 0.25) is 0 Å². The average molecular weight is 715 g/mol. The zero-order chi connectivity index (χ0) is 37.0. The van der Waals surface area contributed by atoms with Crippen LogP contribution in [-0.4, -0.2) is 79.9 Å². The maximum Gasteiger partial charge on any atom is 0.350 e. The number of ether oxygens (including phenoxy) is 2. The van der Waals surface area contributed by atoms with E-state index in [4.69, 9.17) is 9.47 Å². The number of allylic oxidation sites excluding steroid dienone is 5. The molecule has 0 aromatic heterocycles. The molecular formula is C42H58N4O6. The number of ketones is 2. The fourth-order valence-corrected chi connectivity index (χ4v) is 9.02. The summed E-state index contributed by atoms with van der Waals surface area (Å²) in [6.07, 6.45) is 14.8. The van der Waals surface area contributed by atoms with Gasteiger partial charge in [0.15, 0.2) is 11.4 Å². The number of aliphatic hydroxyl groups excluding tert-OH is 1. The zero-order valence-electron chi connectivity index (χ0n) is 31.6. The molecule has 1 saturated heterocycles. The molecular weight excluding hydrogens is 656 g/mol. The van der Waals surface area contributed by atoms with Gasteiger partial charge < -0.3 is 35.8 Å². The number of hydrogen-bond acceptors (Lipinski definition) is 10. The van der Waals surface area contributed by atoms with E-state index in [1.807, 2.05) is 20.0 Å². The van der Waals surface area contributed by atoms with Gasteiger partial charge in [-0.2, -0.15) is 0 Å². The largest absolute Gasteiger partial charge is 0.463 e. The van der Waals surface area contributed by atoms with E-state index in [2.05, 4.69) is 66.3 Å². The number of carbonyl (C=O) groups is 3. The minimum absolute atomic E-state index is 0.0617. The molecule has 1 aromatic carbocycles. The van der Waals surface area contributed by atoms with E-state index in [-0.39, 0.29) is 48.6 Å². The first-order chi connectivity index (χ1) is 25.1. The van der Waals surface area contributed by atoms with Crippen LogP contribution in [0, 0.1) is 23.7 Å². The highest BCUT2D eigenvalue weighted by molar-refractivity contribution is 6.33. The van der Waals surface area contributed by atoms with Gasteiger partial charge >= 0.3 is 5.97 Å². The van der Waals surface area contributed by atoms with Gasteiger partial charge in [0, 0.05) is 36.1 Å². The fourth-order valence-electron chi connectivity index (χ4n) is 9.02. The Bertz CT molecular complexity index is 1660. The standard InChI is InChI=1S/C42H58N4O6/c1-6-44-35-21-30-11-8-7-10-29(30)20-32(35)24-51-40(50)42-39(49)37-31(18-26(2)3)12-9-13-34(37)38(48)41(42,52-42)22-33(23-47)27(4)14-15-28-16-17-45-36(19-28)46-25-43-5/h8-9,11-13,16,19,26,29-30,32,35,43-47H,6-7,10,14-15,17-18,20-25H2,1-5H3/b33-27-/t29-,30+,32+,35-,41-,42-/m0/s1. The van der Waals surface area contributed by atoms with Gasteiger partial charge in [0.25, 0.3) is 5.60 Å². The van der Waals surface area contributed by atoms with Crippen molar-refractivity contribution in [1.29, 1.82) is 0 Å². The lowest BCUT2D eigenvalue weighted by molar-refractivity contribution is -0.150. The first kappa shape index (κ1) is 38.2. The molecule has 0 bridgehead atoms. The third-order valence-corrected chi connectivity index (χ3v) is 11.9. The smallest absolute Gasteiger partial charge is 0.350 e. The molecule has 0 amide bonds. The van der Waals surface area contributed by atoms with Crippen LogP contribution in [0.15, 0.2) is 65.0 Å². The number of benzene rings is 1. The van der Waals surface area contributed by atoms with Gasteiger partial charge in [-0.05, 0) is 106 Å². The van der Waals surface area contributed by atoms with Gasteiger partial charge in [0.05, 0.1) is 19.9 Å². The number of dihydropyridines is 1. The van der Waals surface area contributed by atoms with Gasteiger partial charge in [-0.15, -0.1) is 0 Å². The second kappa shape index (κ2) is 16.2. The predicted octanol–water partition coefficient (Wildman–Crippen LogP) is 4.90. The lowest BCUT2D eigenvalue weighted by Crippen LogP contribution is -2.52. The van der Waals surface area contributed by atoms with Gasteiger partial charge in [0.1, 0.15) is 5.82 Å². The maximum absolute atomic E-state index is 14.8. The molecule has 282 valence electrons. The Morgan fingerprint density at radius 1 is 1.19 bits per heavy atom. The van der Waals surface area contributed by atoms with E-state index in [0.717, 1.165) is 61.2 Å². The summed E-state index contributed by atoms with van der Waals surface area (Å²) in [7, 11) is 1.88. The number of fused-ring (bicyclic) bond motifs is 3. The van der Waals surface area contributed by atoms with E-state index in [1.54, 1.807) is 12.1 Å². The molecule has 0 unspecified atom stereocenters. The van der Waals surface area contributed by atoms with Crippen LogP contribution in [0.4, 0.5) is 0 Å². The molecule has 52 heavy (non-hydrogen) atoms. The molecule has 0 spiro atoms. The maximum atomic E-state index is 14.8. The summed E-state index contributed by atoms with van der Waals surface area (Å²) < 4.78 is 12.5. The number of carbonyl (C=O) groups excluding carboxylic acids is 3. The number of nitrogens with one attached hydrogen (secondary N) is 4. The van der Waals surface area contributed by atoms with Crippen LogP contribution in [0.3, 0.4) is 0 Å². The normalized spacial score (nSPS) is 29.6. The minimum Gasteiger partial charge on any atom is -0.463 e. The molecule has 2 fully saturated rings. The molecule has 2 aliphatic heterocycles. The number of rotatable bonds is 16. The van der Waals surface area contributed by atoms with Crippen LogP contribution in [-0.2, 0) is 20.7 Å². The Balaban J connectivity index is 1.28. The van der Waals surface area contributed by atoms with Gasteiger partial charge in [-0.1, -0.05) is 62.8 Å². The lowest BCUT2D eigenvalue weighted by atomic mass is 9.68. The summed E-state index contributed by atoms with van der Waals surface area (Å²) in [5.74, 6) is 0.605. The Labute approximate surface area is 308 Å². The second-order valence-electron chi connectivity index (χ2n) is 15.8. The number of hydrogen-bond donors (Lipinski definition) is 5. The van der Waals surface area contributed by atoms with Crippen molar-refractivity contribution in [3.63, 3.8) is 0 Å². The van der Waals surface area contributed by atoms with Gasteiger partial charge in [-0.25, -0.2) is 4.79 Å². The first-order valence-electron chi connectivity index (χ1n) is 19.4. The van der Waals surface area contributed by atoms with Crippen LogP contribution >= 0.6 is 0 Å². The van der Waals surface area contributed by atoms with Gasteiger partial charge in [-0.3, -0.25) is 9.59 Å². The first-order valence-corrected chi connectivity index (χ1v) is 19.4. The molecule has 6 rings (SSSR count). The third kappa shape index (κ3) is 7.32. The fraction of sp³-hybridized carbons (Fsp3) is 0.595. The highest BCUT2D eigenvalue weighted by atomic mass is 16.7. The van der Waals surface area contributed by atoms with E-state index >= 15 is 0 Å². The summed E-state index contributed by atoms with van der Waals surface area (Å²) in [6, 6.07) is 5.51. The Kier molecular flexibility index (Phi) is 11.9. The Morgan fingerprint density at radius 3 is 2.77 bits per heavy atom. The monoisotopic (exact) mass is 714 g/mol. The summed E-state index contributed by atoms with van der Waals surface area (Å²) in [5.41, 5.74) is 0.0777. The lowest BCUT2D eigenvalue weighted by Gasteiger charge is -2.42. The second-order valence-corrected chi connectivity index (χ2v) is 15.8. The van der Waals surface area contributed by atoms with Crippen LogP contribution in [0.25, 0.3) is 0 Å². The quantitative estimate of drug-likeness (QED) is 0.0528. The predicted molar refractivity (Wildman–Crippen MR) is 202 cm³/mol. The molecule has 6 atom stereocenters. The van der Waals surface area contributed by atoms with Crippen molar-refractivity contribution >= 4 is 17.5 Å². The third-order valence-electron chi connectivity index (χ3n) is 11.9. The van der Waals surface area contributed by atoms with Crippen molar-refractivity contribution < 1.29 is 29.0 Å². The number of epoxide rings is 1. The van der Waals surface area contributed by atoms with Crippen molar-refractivity contribution in [2.45, 2.75) is 96.3 Å². The number of esters is 1. The molecule has 5 N–H and O–H groups in total. The molecule has 5 aliphatic rings. The van der Waals surface area contributed by atoms with Crippen LogP contribution < -0.4 is 21.3 Å². The Morgan fingerprint density at radius 2 is 2.02 bits per heavy atom. The minimum atomic E-state index is -2.09. The number of Topliss-reactive ketones (excluding diaryl/α,β-unsaturated/α-hetero) is 2. The summed E-state index contributed by atoms with van der Waals surface area (Å²) in [6.45, 7) is 10.1. The van der Waals surface area contributed by atoms with E-state index in [1.165, 1.54) is 0 Å². The van der Waals surface area contributed by atoms with Crippen molar-refractivity contribution in [2.75, 3.05) is 40.0 Å². The molecule has 1 saturated carbocycles. The zero-order valence-corrected chi connectivity index (χ0v) is 31.6. The van der Waals surface area contributed by atoms with Crippen molar-refractivity contribution in [2.24, 2.45) is 23.7 Å². The molecule has 10 nitrogen and oxygen atoms in total. The topological polar surface area (TPSA) is 141 Å². The van der Waals surface area contributed by atoms with Gasteiger partial charge in [0.2, 0.25) is 5.78 Å². The average Bonchev–Trinajstić information content (AvgIpc) is 3.85. The van der Waals surface area contributed by atoms with Crippen LogP contribution in [0.1, 0.15) is 98.9 Å². The molecule has 1 aromatic rings. The van der Waals surface area contributed by atoms with Crippen molar-refractivity contribution in [3.05, 3.63) is 81.7 Å². The highest BCUT2D eigenvalue weighted by Crippen LogP contribution is 2.60. The SMILES string of the molecule is CCN[C@H]1C[C@H]2C=CCC[C@H]2C[C@@H]1COC(=O)[C@]12O[C@@]1(C/C(CO)=C(\C)CCC1=CCNC(NCNC)=C1)C(=O)c1cccc(CC(C)C)c1C2=O. The van der Waals surface area contributed by atoms with Crippen LogP contribution in [0.5, 0.6) is 0 Å². The highest BCUT2D eigenvalue weighted by Gasteiger charge is 2.85. The molecule has 2 heterocycles. The summed E-state index contributed by atoms with van der Waals surface area (Å²) in [5, 5.41) is 24.0. The molecule has 0 radical (unpaired) electrons. The summed E-state index contributed by atoms with van der Waals surface area (Å²) >= 11 is 0. The number of aliphatic hydroxyl groups is 1. The molecule has 3 aliphatic carbocycles. The Hall–Kier alpha value is -3.57. The van der Waals surface area contributed by atoms with E-state index in [0.29, 0.717) is 43.5 Å². The summed E-state index contributed by atoms with van der Waals surface area (Å²) in [4.78, 5) is 43.9. The van der Waals surface area contributed by atoms with Crippen molar-refractivity contribution in [3.8, 4) is 0 Å². The van der Waals surface area contributed by atoms with E-state index in [9.17, 15) is 19.5 Å².